The van der Waals surface area contributed by atoms with Gasteiger partial charge in [0.05, 0.1) is 25.3 Å². The summed E-state index contributed by atoms with van der Waals surface area (Å²) in [6.07, 6.45) is 0.778. The first kappa shape index (κ1) is 17.0. The molecule has 5 nitrogen and oxygen atoms in total. The fourth-order valence-electron chi connectivity index (χ4n) is 3.03. The van der Waals surface area contributed by atoms with E-state index in [1.807, 2.05) is 31.2 Å². The van der Waals surface area contributed by atoms with Crippen molar-refractivity contribution in [1.82, 2.24) is 0 Å². The molecule has 130 valence electrons. The van der Waals surface area contributed by atoms with Crippen LogP contribution in [0.15, 0.2) is 48.5 Å². The van der Waals surface area contributed by atoms with Crippen LogP contribution < -0.4 is 14.4 Å². The predicted molar refractivity (Wildman–Crippen MR) is 94.9 cm³/mol. The molecular formula is C20H21NO4. The Bertz CT molecular complexity index is 752. The van der Waals surface area contributed by atoms with Crippen molar-refractivity contribution in [3.8, 4) is 11.5 Å². The number of anilines is 1. The standard InChI is InChI=1S/C20H21NO4/c1-3-25-18-10-6-16(7-11-18)21-19(22)13-15(20(21)23)12-14-4-8-17(24-2)9-5-14/h4-11,15H,3,12-13H2,1-2H3. The molecule has 0 aliphatic carbocycles. The van der Waals surface area contributed by atoms with Crippen molar-refractivity contribution in [2.24, 2.45) is 5.92 Å². The van der Waals surface area contributed by atoms with E-state index in [1.165, 1.54) is 4.90 Å². The molecule has 0 bridgehead atoms. The van der Waals surface area contributed by atoms with Crippen molar-refractivity contribution in [3.63, 3.8) is 0 Å². The lowest BCUT2D eigenvalue weighted by molar-refractivity contribution is -0.122. The summed E-state index contributed by atoms with van der Waals surface area (Å²) >= 11 is 0. The minimum atomic E-state index is -0.326. The number of imide groups is 1. The third kappa shape index (κ3) is 3.65. The number of ether oxygens (including phenoxy) is 2. The zero-order valence-corrected chi connectivity index (χ0v) is 14.4. The molecule has 5 heteroatoms. The van der Waals surface area contributed by atoms with Gasteiger partial charge in [0.15, 0.2) is 0 Å². The third-order valence-corrected chi connectivity index (χ3v) is 4.29. The second kappa shape index (κ2) is 7.38. The van der Waals surface area contributed by atoms with Crippen LogP contribution in [0.4, 0.5) is 5.69 Å². The second-order valence-electron chi connectivity index (χ2n) is 5.95. The van der Waals surface area contributed by atoms with E-state index in [1.54, 1.807) is 31.4 Å². The molecule has 2 aromatic rings. The molecule has 25 heavy (non-hydrogen) atoms. The van der Waals surface area contributed by atoms with Crippen molar-refractivity contribution in [2.75, 3.05) is 18.6 Å². The summed E-state index contributed by atoms with van der Waals surface area (Å²) in [4.78, 5) is 26.3. The van der Waals surface area contributed by atoms with Crippen molar-refractivity contribution in [2.45, 2.75) is 19.8 Å². The number of nitrogens with zero attached hydrogens (tertiary/aromatic N) is 1. The van der Waals surface area contributed by atoms with Gasteiger partial charge in [-0.25, -0.2) is 0 Å². The summed E-state index contributed by atoms with van der Waals surface area (Å²) in [6, 6.07) is 14.6. The van der Waals surface area contributed by atoms with Crippen LogP contribution in [-0.4, -0.2) is 25.5 Å². The highest BCUT2D eigenvalue weighted by atomic mass is 16.5. The SMILES string of the molecule is CCOc1ccc(N2C(=O)CC(Cc3ccc(OC)cc3)C2=O)cc1. The number of methoxy groups -OCH3 is 1. The van der Waals surface area contributed by atoms with Gasteiger partial charge in [-0.3, -0.25) is 14.5 Å². The minimum Gasteiger partial charge on any atom is -0.497 e. The average molecular weight is 339 g/mol. The first-order valence-electron chi connectivity index (χ1n) is 8.35. The number of hydrogen-bond donors (Lipinski definition) is 0. The zero-order chi connectivity index (χ0) is 17.8. The molecule has 1 fully saturated rings. The molecule has 1 unspecified atom stereocenters. The summed E-state index contributed by atoms with van der Waals surface area (Å²) in [7, 11) is 1.61. The van der Waals surface area contributed by atoms with Crippen LogP contribution in [0.3, 0.4) is 0 Å². The highest BCUT2D eigenvalue weighted by Crippen LogP contribution is 2.30. The van der Waals surface area contributed by atoms with Crippen molar-refractivity contribution >= 4 is 17.5 Å². The number of amides is 2. The highest BCUT2D eigenvalue weighted by molar-refractivity contribution is 6.21. The van der Waals surface area contributed by atoms with Crippen LogP contribution in [-0.2, 0) is 16.0 Å². The molecule has 1 aliphatic rings. The molecule has 0 radical (unpaired) electrons. The number of carbonyl (C=O) groups is 2. The van der Waals surface area contributed by atoms with Crippen molar-refractivity contribution in [3.05, 3.63) is 54.1 Å². The normalized spacial score (nSPS) is 17.0. The van der Waals surface area contributed by atoms with E-state index < -0.39 is 0 Å². The van der Waals surface area contributed by atoms with E-state index in [0.29, 0.717) is 18.7 Å². The number of rotatable bonds is 6. The van der Waals surface area contributed by atoms with Crippen LogP contribution in [0.2, 0.25) is 0 Å². The monoisotopic (exact) mass is 339 g/mol. The van der Waals surface area contributed by atoms with Crippen molar-refractivity contribution < 1.29 is 19.1 Å². The number of benzene rings is 2. The molecule has 0 aromatic heterocycles. The summed E-state index contributed by atoms with van der Waals surface area (Å²) in [5.74, 6) is 0.860. The first-order valence-corrected chi connectivity index (χ1v) is 8.35. The van der Waals surface area contributed by atoms with Gasteiger partial charge >= 0.3 is 0 Å². The van der Waals surface area contributed by atoms with Crippen LogP contribution in [0.25, 0.3) is 0 Å². The molecule has 0 spiro atoms. The molecular weight excluding hydrogens is 318 g/mol. The Hall–Kier alpha value is -2.82. The van der Waals surface area contributed by atoms with E-state index >= 15 is 0 Å². The summed E-state index contributed by atoms with van der Waals surface area (Å²) in [5, 5.41) is 0. The van der Waals surface area contributed by atoms with Crippen LogP contribution in [0, 0.1) is 5.92 Å². The lowest BCUT2D eigenvalue weighted by Gasteiger charge is -2.15. The van der Waals surface area contributed by atoms with Gasteiger partial charge in [-0.15, -0.1) is 0 Å². The Kier molecular flexibility index (Phi) is 5.03. The van der Waals surface area contributed by atoms with Crippen LogP contribution in [0.5, 0.6) is 11.5 Å². The van der Waals surface area contributed by atoms with Crippen LogP contribution in [0.1, 0.15) is 18.9 Å². The maximum atomic E-state index is 12.7. The van der Waals surface area contributed by atoms with Crippen LogP contribution >= 0.6 is 0 Å². The molecule has 1 saturated heterocycles. The average Bonchev–Trinajstić information content (AvgIpc) is 2.90. The molecule has 1 heterocycles. The van der Waals surface area contributed by atoms with Crippen molar-refractivity contribution in [1.29, 1.82) is 0 Å². The largest absolute Gasteiger partial charge is 0.497 e. The predicted octanol–water partition coefficient (Wildman–Crippen LogP) is 3.22. The molecule has 2 amide bonds. The fourth-order valence-corrected chi connectivity index (χ4v) is 3.03. The van der Waals surface area contributed by atoms with Gasteiger partial charge < -0.3 is 9.47 Å². The van der Waals surface area contributed by atoms with Gasteiger partial charge in [0, 0.05) is 6.42 Å². The second-order valence-corrected chi connectivity index (χ2v) is 5.95. The minimum absolute atomic E-state index is 0.148. The zero-order valence-electron chi connectivity index (χ0n) is 14.4. The maximum absolute atomic E-state index is 12.7. The summed E-state index contributed by atoms with van der Waals surface area (Å²) in [5.41, 5.74) is 1.61. The maximum Gasteiger partial charge on any atom is 0.237 e. The third-order valence-electron chi connectivity index (χ3n) is 4.29. The number of hydrogen-bond acceptors (Lipinski definition) is 4. The Morgan fingerprint density at radius 2 is 1.64 bits per heavy atom. The molecule has 2 aromatic carbocycles. The number of carbonyl (C=O) groups excluding carboxylic acids is 2. The lowest BCUT2D eigenvalue weighted by Crippen LogP contribution is -2.30. The van der Waals surface area contributed by atoms with Gasteiger partial charge in [-0.1, -0.05) is 12.1 Å². The van der Waals surface area contributed by atoms with Gasteiger partial charge in [-0.2, -0.15) is 0 Å². The lowest BCUT2D eigenvalue weighted by atomic mass is 9.98. The van der Waals surface area contributed by atoms with Gasteiger partial charge in [-0.05, 0) is 55.3 Å². The topological polar surface area (TPSA) is 55.8 Å². The van der Waals surface area contributed by atoms with E-state index in [2.05, 4.69) is 0 Å². The molecule has 3 rings (SSSR count). The quantitative estimate of drug-likeness (QED) is 0.758. The summed E-state index contributed by atoms with van der Waals surface area (Å²) < 4.78 is 10.5. The summed E-state index contributed by atoms with van der Waals surface area (Å²) in [6.45, 7) is 2.48. The smallest absolute Gasteiger partial charge is 0.237 e. The Morgan fingerprint density at radius 3 is 2.24 bits per heavy atom. The first-order chi connectivity index (χ1) is 12.1. The van der Waals surface area contributed by atoms with E-state index in [4.69, 9.17) is 9.47 Å². The molecule has 0 N–H and O–H groups in total. The fraction of sp³-hybridized carbons (Fsp3) is 0.300. The molecule has 1 aliphatic heterocycles. The van der Waals surface area contributed by atoms with Gasteiger partial charge in [0.25, 0.3) is 0 Å². The Morgan fingerprint density at radius 1 is 1.00 bits per heavy atom. The van der Waals surface area contributed by atoms with E-state index in [0.717, 1.165) is 17.1 Å². The van der Waals surface area contributed by atoms with Gasteiger partial charge in [0.1, 0.15) is 11.5 Å². The highest BCUT2D eigenvalue weighted by Gasteiger charge is 2.39. The van der Waals surface area contributed by atoms with Gasteiger partial charge in [0.2, 0.25) is 11.8 Å². The van der Waals surface area contributed by atoms with E-state index in [9.17, 15) is 9.59 Å². The Balaban J connectivity index is 1.72. The molecule has 0 saturated carbocycles. The Labute approximate surface area is 147 Å². The molecule has 1 atom stereocenters. The van der Waals surface area contributed by atoms with E-state index in [-0.39, 0.29) is 24.2 Å².